The molecule has 0 radical (unpaired) electrons. The van der Waals surface area contributed by atoms with Gasteiger partial charge in [-0.25, -0.2) is 4.79 Å². The van der Waals surface area contributed by atoms with Crippen LogP contribution < -0.4 is 11.1 Å². The zero-order chi connectivity index (χ0) is 13.7. The Kier molecular flexibility index (Phi) is 4.02. The van der Waals surface area contributed by atoms with Crippen molar-refractivity contribution in [1.82, 2.24) is 15.1 Å². The van der Waals surface area contributed by atoms with E-state index in [4.69, 9.17) is 10.8 Å². The lowest BCUT2D eigenvalue weighted by atomic mass is 10.0. The number of nitrogens with two attached hydrogens (primary N) is 1. The highest BCUT2D eigenvalue weighted by atomic mass is 16.4. The van der Waals surface area contributed by atoms with Crippen LogP contribution in [-0.2, 0) is 0 Å². The van der Waals surface area contributed by atoms with E-state index in [0.29, 0.717) is 18.7 Å². The fourth-order valence-corrected chi connectivity index (χ4v) is 1.97. The van der Waals surface area contributed by atoms with Crippen molar-refractivity contribution in [3.8, 4) is 0 Å². The maximum absolute atomic E-state index is 10.5. The second-order valence-corrected chi connectivity index (χ2v) is 4.20. The van der Waals surface area contributed by atoms with Crippen LogP contribution in [0, 0.1) is 0 Å². The molecular formula is C13H16N4O2. The third-order valence-corrected chi connectivity index (χ3v) is 2.82. The minimum absolute atomic E-state index is 0.0367. The average Bonchev–Trinajstić information content (AvgIpc) is 2.82. The van der Waals surface area contributed by atoms with Crippen molar-refractivity contribution in [2.75, 3.05) is 12.3 Å². The van der Waals surface area contributed by atoms with Gasteiger partial charge in [-0.3, -0.25) is 4.68 Å². The van der Waals surface area contributed by atoms with Crippen LogP contribution in [0.3, 0.4) is 0 Å². The van der Waals surface area contributed by atoms with Crippen LogP contribution in [0.4, 0.5) is 10.5 Å². The van der Waals surface area contributed by atoms with Crippen molar-refractivity contribution >= 4 is 11.8 Å². The van der Waals surface area contributed by atoms with E-state index in [-0.39, 0.29) is 6.04 Å². The highest BCUT2D eigenvalue weighted by Crippen LogP contribution is 2.21. The number of anilines is 1. The van der Waals surface area contributed by atoms with Gasteiger partial charge >= 0.3 is 6.09 Å². The molecular weight excluding hydrogens is 244 g/mol. The molecule has 6 heteroatoms. The zero-order valence-electron chi connectivity index (χ0n) is 10.4. The van der Waals surface area contributed by atoms with Gasteiger partial charge in [0.05, 0.1) is 17.9 Å². The molecule has 19 heavy (non-hydrogen) atoms. The Hall–Kier alpha value is -2.50. The van der Waals surface area contributed by atoms with E-state index < -0.39 is 6.09 Å². The predicted octanol–water partition coefficient (Wildman–Crippen LogP) is 1.71. The molecule has 1 aromatic heterocycles. The molecule has 6 nitrogen and oxygen atoms in total. The Morgan fingerprint density at radius 3 is 2.74 bits per heavy atom. The molecule has 0 bridgehead atoms. The summed E-state index contributed by atoms with van der Waals surface area (Å²) in [5.74, 6) is 0. The van der Waals surface area contributed by atoms with Gasteiger partial charge in [0.2, 0.25) is 0 Å². The van der Waals surface area contributed by atoms with Crippen molar-refractivity contribution in [3.05, 3.63) is 48.3 Å². The van der Waals surface area contributed by atoms with Gasteiger partial charge in [-0.05, 0) is 12.0 Å². The van der Waals surface area contributed by atoms with Gasteiger partial charge in [-0.15, -0.1) is 0 Å². The van der Waals surface area contributed by atoms with Crippen LogP contribution in [0.15, 0.2) is 42.7 Å². The number of nitrogens with zero attached hydrogens (tertiary/aromatic N) is 2. The van der Waals surface area contributed by atoms with Crippen LogP contribution in [0.2, 0.25) is 0 Å². The standard InChI is InChI=1S/C13H16N4O2/c14-11-8-16-17(9-11)12(6-7-15-13(18)19)10-4-2-1-3-5-10/h1-5,8-9,12,15H,6-7,14H2,(H,18,19). The number of nitrogen functional groups attached to an aromatic ring is 1. The number of amides is 1. The van der Waals surface area contributed by atoms with Crippen molar-refractivity contribution in [2.24, 2.45) is 0 Å². The second kappa shape index (κ2) is 5.90. The first-order valence-electron chi connectivity index (χ1n) is 5.98. The molecule has 100 valence electrons. The molecule has 0 spiro atoms. The van der Waals surface area contributed by atoms with Crippen LogP contribution in [0.25, 0.3) is 0 Å². The third kappa shape index (κ3) is 3.48. The van der Waals surface area contributed by atoms with Crippen molar-refractivity contribution < 1.29 is 9.90 Å². The first-order valence-corrected chi connectivity index (χ1v) is 5.98. The summed E-state index contributed by atoms with van der Waals surface area (Å²) in [7, 11) is 0. The normalized spacial score (nSPS) is 12.0. The lowest BCUT2D eigenvalue weighted by Gasteiger charge is -2.18. The first-order chi connectivity index (χ1) is 9.16. The smallest absolute Gasteiger partial charge is 0.404 e. The predicted molar refractivity (Wildman–Crippen MR) is 71.9 cm³/mol. The molecule has 1 atom stereocenters. The number of aromatic nitrogens is 2. The highest BCUT2D eigenvalue weighted by molar-refractivity contribution is 5.64. The quantitative estimate of drug-likeness (QED) is 0.763. The summed E-state index contributed by atoms with van der Waals surface area (Å²) in [5, 5.41) is 15.2. The van der Waals surface area contributed by atoms with Crippen molar-refractivity contribution in [1.29, 1.82) is 0 Å². The van der Waals surface area contributed by atoms with Gasteiger partial charge in [0.25, 0.3) is 0 Å². The SMILES string of the molecule is Nc1cnn(C(CCNC(=O)O)c2ccccc2)c1. The topological polar surface area (TPSA) is 93.2 Å². The minimum Gasteiger partial charge on any atom is -0.465 e. The van der Waals surface area contributed by atoms with Crippen molar-refractivity contribution in [2.45, 2.75) is 12.5 Å². The lowest BCUT2D eigenvalue weighted by Crippen LogP contribution is -2.25. The van der Waals surface area contributed by atoms with Gasteiger partial charge in [0.15, 0.2) is 0 Å². The number of rotatable bonds is 5. The number of nitrogens with one attached hydrogen (secondary N) is 1. The fourth-order valence-electron chi connectivity index (χ4n) is 1.97. The Bertz CT molecular complexity index is 539. The summed E-state index contributed by atoms with van der Waals surface area (Å²) in [6.45, 7) is 0.356. The second-order valence-electron chi connectivity index (χ2n) is 4.20. The number of carbonyl (C=O) groups is 1. The maximum Gasteiger partial charge on any atom is 0.404 e. The lowest BCUT2D eigenvalue weighted by molar-refractivity contribution is 0.194. The highest BCUT2D eigenvalue weighted by Gasteiger charge is 2.14. The van der Waals surface area contributed by atoms with Crippen LogP contribution in [0.5, 0.6) is 0 Å². The average molecular weight is 260 g/mol. The van der Waals surface area contributed by atoms with Gasteiger partial charge in [0.1, 0.15) is 0 Å². The van der Waals surface area contributed by atoms with Crippen LogP contribution >= 0.6 is 0 Å². The maximum atomic E-state index is 10.5. The van der Waals surface area contributed by atoms with Gasteiger partial charge in [-0.2, -0.15) is 5.10 Å². The Morgan fingerprint density at radius 1 is 1.42 bits per heavy atom. The summed E-state index contributed by atoms with van der Waals surface area (Å²) < 4.78 is 1.76. The van der Waals surface area contributed by atoms with Gasteiger partial charge < -0.3 is 16.2 Å². The molecule has 0 saturated heterocycles. The van der Waals surface area contributed by atoms with E-state index in [2.05, 4.69) is 10.4 Å². The largest absolute Gasteiger partial charge is 0.465 e. The van der Waals surface area contributed by atoms with E-state index >= 15 is 0 Å². The number of carboxylic acid groups (broad SMARTS) is 1. The third-order valence-electron chi connectivity index (χ3n) is 2.82. The summed E-state index contributed by atoms with van der Waals surface area (Å²) in [6.07, 6.45) is 2.92. The van der Waals surface area contributed by atoms with E-state index in [1.165, 1.54) is 0 Å². The van der Waals surface area contributed by atoms with Crippen LogP contribution in [0.1, 0.15) is 18.0 Å². The Labute approximate surface area is 110 Å². The monoisotopic (exact) mass is 260 g/mol. The van der Waals surface area contributed by atoms with Gasteiger partial charge in [0, 0.05) is 12.7 Å². The molecule has 0 aliphatic rings. The summed E-state index contributed by atoms with van der Waals surface area (Å²) in [5.41, 5.74) is 7.34. The molecule has 4 N–H and O–H groups in total. The summed E-state index contributed by atoms with van der Waals surface area (Å²) in [6, 6.07) is 9.77. The molecule has 0 fully saturated rings. The molecule has 0 saturated carbocycles. The molecule has 2 aromatic rings. The van der Waals surface area contributed by atoms with E-state index in [9.17, 15) is 4.79 Å². The van der Waals surface area contributed by atoms with E-state index in [1.807, 2.05) is 30.3 Å². The minimum atomic E-state index is -1.02. The first kappa shape index (κ1) is 12.9. The molecule has 1 amide bonds. The fraction of sp³-hybridized carbons (Fsp3) is 0.231. The van der Waals surface area contributed by atoms with Crippen molar-refractivity contribution in [3.63, 3.8) is 0 Å². The Morgan fingerprint density at radius 2 is 2.16 bits per heavy atom. The molecule has 0 aliphatic carbocycles. The number of hydrogen-bond acceptors (Lipinski definition) is 3. The molecule has 1 heterocycles. The summed E-state index contributed by atoms with van der Waals surface area (Å²) in [4.78, 5) is 10.5. The van der Waals surface area contributed by atoms with Gasteiger partial charge in [-0.1, -0.05) is 30.3 Å². The van der Waals surface area contributed by atoms with E-state index in [1.54, 1.807) is 17.1 Å². The number of hydrogen-bond donors (Lipinski definition) is 3. The molecule has 1 aromatic carbocycles. The molecule has 1 unspecified atom stereocenters. The summed E-state index contributed by atoms with van der Waals surface area (Å²) >= 11 is 0. The zero-order valence-corrected chi connectivity index (χ0v) is 10.4. The molecule has 2 rings (SSSR count). The molecule has 0 aliphatic heterocycles. The Balaban J connectivity index is 2.16. The van der Waals surface area contributed by atoms with E-state index in [0.717, 1.165) is 5.56 Å². The number of benzene rings is 1. The van der Waals surface area contributed by atoms with Crippen LogP contribution in [-0.4, -0.2) is 27.5 Å².